The molecule has 0 aliphatic heterocycles. The SMILES string of the molecule is CCN(CC)C(C)Oc1ccc(C(=O)C2=C(c3ccc(OC)cc3)CCc3ccccc32)cc1. The predicted octanol–water partition coefficient (Wildman–Crippen LogP) is 6.50. The molecule has 3 aromatic carbocycles. The van der Waals surface area contributed by atoms with E-state index < -0.39 is 0 Å². The van der Waals surface area contributed by atoms with Crippen molar-refractivity contribution < 1.29 is 14.3 Å². The maximum atomic E-state index is 13.9. The Hall–Kier alpha value is -3.37. The molecule has 4 rings (SSSR count). The van der Waals surface area contributed by atoms with Crippen molar-refractivity contribution in [2.75, 3.05) is 20.2 Å². The van der Waals surface area contributed by atoms with Crippen LogP contribution >= 0.6 is 0 Å². The summed E-state index contributed by atoms with van der Waals surface area (Å²) in [6, 6.07) is 23.8. The summed E-state index contributed by atoms with van der Waals surface area (Å²) in [7, 11) is 1.66. The monoisotopic (exact) mass is 455 g/mol. The molecule has 1 aliphatic carbocycles. The van der Waals surface area contributed by atoms with Gasteiger partial charge in [0, 0.05) is 11.1 Å². The van der Waals surface area contributed by atoms with Crippen molar-refractivity contribution in [2.24, 2.45) is 0 Å². The maximum Gasteiger partial charge on any atom is 0.193 e. The zero-order valence-electron chi connectivity index (χ0n) is 20.5. The molecule has 34 heavy (non-hydrogen) atoms. The highest BCUT2D eigenvalue weighted by Gasteiger charge is 2.26. The molecule has 0 aromatic heterocycles. The first-order valence-corrected chi connectivity index (χ1v) is 12.1. The Bertz CT molecular complexity index is 1160. The number of hydrogen-bond acceptors (Lipinski definition) is 4. The van der Waals surface area contributed by atoms with Crippen LogP contribution in [0.3, 0.4) is 0 Å². The zero-order valence-corrected chi connectivity index (χ0v) is 20.5. The second-order valence-corrected chi connectivity index (χ2v) is 8.53. The second kappa shape index (κ2) is 10.7. The van der Waals surface area contributed by atoms with Crippen LogP contribution in [0.15, 0.2) is 72.8 Å². The summed E-state index contributed by atoms with van der Waals surface area (Å²) >= 11 is 0. The Morgan fingerprint density at radius 2 is 1.53 bits per heavy atom. The van der Waals surface area contributed by atoms with E-state index in [1.165, 1.54) is 5.56 Å². The fraction of sp³-hybridized carbons (Fsp3) is 0.300. The minimum atomic E-state index is -0.0221. The van der Waals surface area contributed by atoms with Crippen molar-refractivity contribution in [3.05, 3.63) is 95.1 Å². The summed E-state index contributed by atoms with van der Waals surface area (Å²) in [5.41, 5.74) is 5.85. The van der Waals surface area contributed by atoms with Gasteiger partial charge >= 0.3 is 0 Å². The lowest BCUT2D eigenvalue weighted by Crippen LogP contribution is -2.36. The molecular formula is C30H33NO3. The van der Waals surface area contributed by atoms with E-state index in [0.717, 1.165) is 59.7 Å². The summed E-state index contributed by atoms with van der Waals surface area (Å²) in [6.45, 7) is 8.16. The quantitative estimate of drug-likeness (QED) is 0.273. The molecule has 0 amide bonds. The van der Waals surface area contributed by atoms with E-state index in [0.29, 0.717) is 5.56 Å². The number of rotatable bonds is 9. The summed E-state index contributed by atoms with van der Waals surface area (Å²) in [6.07, 6.45) is 1.73. The van der Waals surface area contributed by atoms with Gasteiger partial charge in [-0.3, -0.25) is 9.69 Å². The number of nitrogens with zero attached hydrogens (tertiary/aromatic N) is 1. The largest absolute Gasteiger partial charge is 0.497 e. The van der Waals surface area contributed by atoms with Gasteiger partial charge in [-0.1, -0.05) is 50.2 Å². The number of hydrogen-bond donors (Lipinski definition) is 0. The summed E-state index contributed by atoms with van der Waals surface area (Å²) in [4.78, 5) is 16.1. The molecule has 4 nitrogen and oxygen atoms in total. The number of Topliss-reactive ketones (excluding diaryl/α,β-unsaturated/α-hetero) is 1. The fourth-order valence-corrected chi connectivity index (χ4v) is 4.71. The number of carbonyl (C=O) groups excluding carboxylic acids is 1. The Labute approximate surface area is 202 Å². The molecule has 0 radical (unpaired) electrons. The van der Waals surface area contributed by atoms with Gasteiger partial charge in [0.1, 0.15) is 17.7 Å². The molecule has 0 heterocycles. The highest BCUT2D eigenvalue weighted by Crippen LogP contribution is 2.39. The molecule has 176 valence electrons. The molecule has 0 fully saturated rings. The topological polar surface area (TPSA) is 38.8 Å². The number of fused-ring (bicyclic) bond motifs is 1. The van der Waals surface area contributed by atoms with Gasteiger partial charge in [0.2, 0.25) is 0 Å². The first-order chi connectivity index (χ1) is 16.5. The maximum absolute atomic E-state index is 13.9. The zero-order chi connectivity index (χ0) is 24.1. The van der Waals surface area contributed by atoms with Crippen LogP contribution in [0.25, 0.3) is 11.1 Å². The van der Waals surface area contributed by atoms with E-state index >= 15 is 0 Å². The van der Waals surface area contributed by atoms with Crippen LogP contribution in [0.4, 0.5) is 0 Å². The van der Waals surface area contributed by atoms with E-state index in [9.17, 15) is 4.79 Å². The lowest BCUT2D eigenvalue weighted by Gasteiger charge is -2.27. The van der Waals surface area contributed by atoms with Crippen molar-refractivity contribution >= 4 is 16.9 Å². The molecule has 0 saturated heterocycles. The van der Waals surface area contributed by atoms with Crippen LogP contribution in [0.5, 0.6) is 11.5 Å². The predicted molar refractivity (Wildman–Crippen MR) is 138 cm³/mol. The van der Waals surface area contributed by atoms with Crippen molar-refractivity contribution in [3.8, 4) is 11.5 Å². The average molecular weight is 456 g/mol. The van der Waals surface area contributed by atoms with Crippen molar-refractivity contribution in [1.82, 2.24) is 4.90 Å². The Kier molecular flexibility index (Phi) is 7.49. The molecule has 0 bridgehead atoms. The van der Waals surface area contributed by atoms with Crippen LogP contribution < -0.4 is 9.47 Å². The number of allylic oxidation sites excluding steroid dienone is 2. The number of methoxy groups -OCH3 is 1. The van der Waals surface area contributed by atoms with Crippen LogP contribution in [0.2, 0.25) is 0 Å². The molecular weight excluding hydrogens is 422 g/mol. The highest BCUT2D eigenvalue weighted by atomic mass is 16.5. The number of aryl methyl sites for hydroxylation is 1. The molecule has 0 N–H and O–H groups in total. The van der Waals surface area contributed by atoms with Gasteiger partial charge in [-0.05, 0) is 91.5 Å². The highest BCUT2D eigenvalue weighted by molar-refractivity contribution is 6.35. The Balaban J connectivity index is 1.68. The van der Waals surface area contributed by atoms with Crippen molar-refractivity contribution in [3.63, 3.8) is 0 Å². The first-order valence-electron chi connectivity index (χ1n) is 12.1. The van der Waals surface area contributed by atoms with Crippen LogP contribution in [-0.2, 0) is 6.42 Å². The van der Waals surface area contributed by atoms with Crippen molar-refractivity contribution in [2.45, 2.75) is 39.8 Å². The molecule has 3 aromatic rings. The van der Waals surface area contributed by atoms with Gasteiger partial charge in [-0.2, -0.15) is 0 Å². The molecule has 1 aliphatic rings. The third-order valence-electron chi connectivity index (χ3n) is 6.65. The molecule has 1 atom stereocenters. The normalized spacial score (nSPS) is 14.0. The molecule has 0 spiro atoms. The Morgan fingerprint density at radius 3 is 2.18 bits per heavy atom. The average Bonchev–Trinajstić information content (AvgIpc) is 2.89. The van der Waals surface area contributed by atoms with Gasteiger partial charge < -0.3 is 9.47 Å². The Morgan fingerprint density at radius 1 is 0.882 bits per heavy atom. The van der Waals surface area contributed by atoms with Gasteiger partial charge in [0.05, 0.1) is 7.11 Å². The van der Waals surface area contributed by atoms with Gasteiger partial charge in [0.15, 0.2) is 5.78 Å². The van der Waals surface area contributed by atoms with E-state index in [1.54, 1.807) is 7.11 Å². The number of ether oxygens (including phenoxy) is 2. The number of carbonyl (C=O) groups is 1. The summed E-state index contributed by atoms with van der Waals surface area (Å²) < 4.78 is 11.4. The third kappa shape index (κ3) is 4.92. The first kappa shape index (κ1) is 23.8. The van der Waals surface area contributed by atoms with E-state index in [4.69, 9.17) is 9.47 Å². The van der Waals surface area contributed by atoms with Crippen LogP contribution in [-0.4, -0.2) is 37.1 Å². The van der Waals surface area contributed by atoms with E-state index in [2.05, 4.69) is 37.8 Å². The smallest absolute Gasteiger partial charge is 0.193 e. The lowest BCUT2D eigenvalue weighted by molar-refractivity contribution is 0.0481. The molecule has 0 saturated carbocycles. The van der Waals surface area contributed by atoms with Gasteiger partial charge in [0.25, 0.3) is 0 Å². The minimum Gasteiger partial charge on any atom is -0.497 e. The standard InChI is InChI=1S/C30H33NO3/c1-5-31(6-2)21(3)34-26-18-13-24(14-19-26)30(32)29-27-10-8-7-9-22(27)15-20-28(29)23-11-16-25(33-4)17-12-23/h7-14,16-19,21H,5-6,15,20H2,1-4H3. The lowest BCUT2D eigenvalue weighted by atomic mass is 9.79. The third-order valence-corrected chi connectivity index (χ3v) is 6.65. The van der Waals surface area contributed by atoms with E-state index in [-0.39, 0.29) is 12.0 Å². The van der Waals surface area contributed by atoms with Crippen LogP contribution in [0, 0.1) is 0 Å². The number of ketones is 1. The van der Waals surface area contributed by atoms with Crippen molar-refractivity contribution in [1.29, 1.82) is 0 Å². The molecule has 4 heteroatoms. The van der Waals surface area contributed by atoms with Crippen LogP contribution in [0.1, 0.15) is 54.2 Å². The molecule has 1 unspecified atom stereocenters. The van der Waals surface area contributed by atoms with Gasteiger partial charge in [-0.15, -0.1) is 0 Å². The van der Waals surface area contributed by atoms with Gasteiger partial charge in [-0.25, -0.2) is 0 Å². The number of benzene rings is 3. The fourth-order valence-electron chi connectivity index (χ4n) is 4.71. The second-order valence-electron chi connectivity index (χ2n) is 8.53. The van der Waals surface area contributed by atoms with E-state index in [1.807, 2.05) is 60.7 Å². The summed E-state index contributed by atoms with van der Waals surface area (Å²) in [5, 5.41) is 0. The summed E-state index contributed by atoms with van der Waals surface area (Å²) in [5.74, 6) is 1.62. The minimum absolute atomic E-state index is 0.0221.